The molecular formula is C13H19NO4S. The molecule has 0 aliphatic heterocycles. The van der Waals surface area contributed by atoms with Crippen LogP contribution in [0.4, 0.5) is 0 Å². The first kappa shape index (κ1) is 15.7. The van der Waals surface area contributed by atoms with E-state index in [0.29, 0.717) is 6.54 Å². The highest BCUT2D eigenvalue weighted by atomic mass is 32.2. The van der Waals surface area contributed by atoms with E-state index in [9.17, 15) is 13.2 Å². The maximum Gasteiger partial charge on any atom is 0.335 e. The number of carbonyl (C=O) groups is 1. The third-order valence-corrected chi connectivity index (χ3v) is 4.48. The smallest absolute Gasteiger partial charge is 0.335 e. The van der Waals surface area contributed by atoms with Gasteiger partial charge in [0.25, 0.3) is 0 Å². The van der Waals surface area contributed by atoms with E-state index in [-0.39, 0.29) is 16.0 Å². The van der Waals surface area contributed by atoms with Gasteiger partial charge in [0.1, 0.15) is 0 Å². The second-order valence-corrected chi connectivity index (χ2v) is 6.07. The molecule has 0 radical (unpaired) electrons. The SMILES string of the molecule is CCCCCNS(=O)(=O)c1cccc(C(=O)O)c1C. The summed E-state index contributed by atoms with van der Waals surface area (Å²) in [6, 6.07) is 4.26. The van der Waals surface area contributed by atoms with Gasteiger partial charge in [-0.25, -0.2) is 17.9 Å². The Hall–Kier alpha value is -1.40. The fraction of sp³-hybridized carbons (Fsp3) is 0.462. The molecule has 0 atom stereocenters. The Labute approximate surface area is 113 Å². The van der Waals surface area contributed by atoms with Gasteiger partial charge in [0, 0.05) is 6.54 Å². The molecule has 1 aromatic carbocycles. The molecule has 1 rings (SSSR count). The summed E-state index contributed by atoms with van der Waals surface area (Å²) in [5, 5.41) is 8.99. The highest BCUT2D eigenvalue weighted by Crippen LogP contribution is 2.18. The summed E-state index contributed by atoms with van der Waals surface area (Å²) in [5.74, 6) is -1.12. The molecule has 0 saturated carbocycles. The third kappa shape index (κ3) is 4.04. The van der Waals surface area contributed by atoms with Gasteiger partial charge in [0.15, 0.2) is 0 Å². The van der Waals surface area contributed by atoms with Crippen LogP contribution >= 0.6 is 0 Å². The van der Waals surface area contributed by atoms with Crippen molar-refractivity contribution < 1.29 is 18.3 Å². The van der Waals surface area contributed by atoms with Crippen LogP contribution in [0.3, 0.4) is 0 Å². The Balaban J connectivity index is 2.96. The predicted octanol–water partition coefficient (Wildman–Crippen LogP) is 2.16. The summed E-state index contributed by atoms with van der Waals surface area (Å²) < 4.78 is 26.7. The summed E-state index contributed by atoms with van der Waals surface area (Å²) in [4.78, 5) is 11.0. The van der Waals surface area contributed by atoms with Crippen molar-refractivity contribution in [2.45, 2.75) is 38.0 Å². The normalized spacial score (nSPS) is 11.5. The second-order valence-electron chi connectivity index (χ2n) is 4.34. The van der Waals surface area contributed by atoms with E-state index in [0.717, 1.165) is 19.3 Å². The van der Waals surface area contributed by atoms with Gasteiger partial charge >= 0.3 is 5.97 Å². The summed E-state index contributed by atoms with van der Waals surface area (Å²) >= 11 is 0. The molecule has 106 valence electrons. The van der Waals surface area contributed by atoms with Gasteiger partial charge in [-0.1, -0.05) is 25.8 Å². The molecule has 0 aliphatic rings. The number of sulfonamides is 1. The lowest BCUT2D eigenvalue weighted by molar-refractivity contribution is 0.0696. The third-order valence-electron chi connectivity index (χ3n) is 2.88. The molecule has 5 nitrogen and oxygen atoms in total. The molecule has 0 aliphatic carbocycles. The summed E-state index contributed by atoms with van der Waals surface area (Å²) in [5.41, 5.74) is 0.273. The van der Waals surface area contributed by atoms with E-state index < -0.39 is 16.0 Å². The lowest BCUT2D eigenvalue weighted by Crippen LogP contribution is -2.26. The van der Waals surface area contributed by atoms with Gasteiger partial charge in [-0.3, -0.25) is 0 Å². The summed E-state index contributed by atoms with van der Waals surface area (Å²) in [6.45, 7) is 3.91. The van der Waals surface area contributed by atoms with Gasteiger partial charge in [0.05, 0.1) is 10.5 Å². The van der Waals surface area contributed by atoms with Crippen molar-refractivity contribution in [2.75, 3.05) is 6.54 Å². The molecule has 0 fully saturated rings. The molecule has 2 N–H and O–H groups in total. The molecule has 0 spiro atoms. The zero-order chi connectivity index (χ0) is 14.5. The van der Waals surface area contributed by atoms with Crippen molar-refractivity contribution in [3.8, 4) is 0 Å². The monoisotopic (exact) mass is 285 g/mol. The van der Waals surface area contributed by atoms with Crippen molar-refractivity contribution in [2.24, 2.45) is 0 Å². The van der Waals surface area contributed by atoms with Crippen molar-refractivity contribution >= 4 is 16.0 Å². The molecule has 0 amide bonds. The van der Waals surface area contributed by atoms with E-state index >= 15 is 0 Å². The van der Waals surface area contributed by atoms with Gasteiger partial charge in [-0.2, -0.15) is 0 Å². The lowest BCUT2D eigenvalue weighted by Gasteiger charge is -2.10. The highest BCUT2D eigenvalue weighted by Gasteiger charge is 2.19. The number of carboxylic acid groups (broad SMARTS) is 1. The zero-order valence-electron chi connectivity index (χ0n) is 11.1. The van der Waals surface area contributed by atoms with Crippen molar-refractivity contribution in [3.05, 3.63) is 29.3 Å². The average Bonchev–Trinajstić information content (AvgIpc) is 2.34. The number of hydrogen-bond acceptors (Lipinski definition) is 3. The number of carboxylic acids is 1. The maximum absolute atomic E-state index is 12.1. The molecule has 0 heterocycles. The fourth-order valence-electron chi connectivity index (χ4n) is 1.80. The van der Waals surface area contributed by atoms with Crippen LogP contribution < -0.4 is 4.72 Å². The topological polar surface area (TPSA) is 83.5 Å². The van der Waals surface area contributed by atoms with Crippen LogP contribution in [-0.4, -0.2) is 26.0 Å². The van der Waals surface area contributed by atoms with Crippen LogP contribution in [0, 0.1) is 6.92 Å². The Bertz CT molecular complexity index is 552. The van der Waals surface area contributed by atoms with Crippen LogP contribution in [0.1, 0.15) is 42.1 Å². The van der Waals surface area contributed by atoms with Gasteiger partial charge in [0.2, 0.25) is 10.0 Å². The quantitative estimate of drug-likeness (QED) is 0.752. The molecule has 1 aromatic rings. The Morgan fingerprint density at radius 2 is 2.00 bits per heavy atom. The summed E-state index contributed by atoms with van der Waals surface area (Å²) in [6.07, 6.45) is 2.74. The Morgan fingerprint density at radius 1 is 1.32 bits per heavy atom. The molecule has 19 heavy (non-hydrogen) atoms. The predicted molar refractivity (Wildman–Crippen MR) is 72.9 cm³/mol. The van der Waals surface area contributed by atoms with Gasteiger partial charge in [-0.05, 0) is 31.0 Å². The largest absolute Gasteiger partial charge is 0.478 e. The van der Waals surface area contributed by atoms with Crippen LogP contribution in [0.15, 0.2) is 23.1 Å². The first-order valence-electron chi connectivity index (χ1n) is 6.22. The Morgan fingerprint density at radius 3 is 2.58 bits per heavy atom. The van der Waals surface area contributed by atoms with Crippen LogP contribution in [0.2, 0.25) is 0 Å². The summed E-state index contributed by atoms with van der Waals surface area (Å²) in [7, 11) is -3.64. The number of hydrogen-bond donors (Lipinski definition) is 2. The zero-order valence-corrected chi connectivity index (χ0v) is 12.0. The minimum atomic E-state index is -3.64. The lowest BCUT2D eigenvalue weighted by atomic mass is 10.1. The molecular weight excluding hydrogens is 266 g/mol. The van der Waals surface area contributed by atoms with Crippen LogP contribution in [-0.2, 0) is 10.0 Å². The van der Waals surface area contributed by atoms with Gasteiger partial charge in [-0.15, -0.1) is 0 Å². The molecule has 6 heteroatoms. The minimum absolute atomic E-state index is 0.0106. The van der Waals surface area contributed by atoms with E-state index in [1.165, 1.54) is 25.1 Å². The fourth-order valence-corrected chi connectivity index (χ4v) is 3.14. The number of benzene rings is 1. The highest BCUT2D eigenvalue weighted by molar-refractivity contribution is 7.89. The van der Waals surface area contributed by atoms with Crippen molar-refractivity contribution in [1.82, 2.24) is 4.72 Å². The van der Waals surface area contributed by atoms with Gasteiger partial charge < -0.3 is 5.11 Å². The van der Waals surface area contributed by atoms with Crippen LogP contribution in [0.5, 0.6) is 0 Å². The van der Waals surface area contributed by atoms with E-state index in [1.54, 1.807) is 0 Å². The molecule has 0 unspecified atom stereocenters. The second kappa shape index (κ2) is 6.68. The van der Waals surface area contributed by atoms with Crippen LogP contribution in [0.25, 0.3) is 0 Å². The molecule has 0 bridgehead atoms. The van der Waals surface area contributed by atoms with Crippen molar-refractivity contribution in [1.29, 1.82) is 0 Å². The minimum Gasteiger partial charge on any atom is -0.478 e. The average molecular weight is 285 g/mol. The molecule has 0 saturated heterocycles. The number of unbranched alkanes of at least 4 members (excludes halogenated alkanes) is 2. The standard InChI is InChI=1S/C13H19NO4S/c1-3-4-5-9-14-19(17,18)12-8-6-7-11(10(12)2)13(15)16/h6-8,14H,3-5,9H2,1-2H3,(H,15,16). The van der Waals surface area contributed by atoms with E-state index in [2.05, 4.69) is 4.72 Å². The van der Waals surface area contributed by atoms with E-state index in [1.807, 2.05) is 6.92 Å². The first-order valence-corrected chi connectivity index (χ1v) is 7.71. The van der Waals surface area contributed by atoms with E-state index in [4.69, 9.17) is 5.11 Å². The number of aromatic carboxylic acids is 1. The maximum atomic E-state index is 12.1. The number of nitrogens with one attached hydrogen (secondary N) is 1. The first-order chi connectivity index (χ1) is 8.90. The number of rotatable bonds is 7. The molecule has 0 aromatic heterocycles. The Kier molecular flexibility index (Phi) is 5.50. The van der Waals surface area contributed by atoms with Crippen molar-refractivity contribution in [3.63, 3.8) is 0 Å².